The van der Waals surface area contributed by atoms with Crippen molar-refractivity contribution in [2.45, 2.75) is 0 Å². The second-order valence-electron chi connectivity index (χ2n) is 4.10. The molecule has 0 unspecified atom stereocenters. The zero-order chi connectivity index (χ0) is 12.7. The molecule has 3 rings (SSSR count). The highest BCUT2D eigenvalue weighted by Gasteiger charge is 2.18. The van der Waals surface area contributed by atoms with Crippen LogP contribution in [0.15, 0.2) is 41.9 Å². The molecule has 1 aromatic carbocycles. The number of thiophene rings is 1. The summed E-state index contributed by atoms with van der Waals surface area (Å²) in [7, 11) is 1.94. The van der Waals surface area contributed by atoms with Crippen LogP contribution in [0.3, 0.4) is 0 Å². The largest absolute Gasteiger partial charge is 0.350 e. The average Bonchev–Trinajstić information content (AvgIpc) is 2.94. The van der Waals surface area contributed by atoms with Crippen LogP contribution in [0.4, 0.5) is 0 Å². The topological polar surface area (TPSA) is 22.0 Å². The number of nitrogens with zero attached hydrogens (tertiary/aromatic N) is 1. The Morgan fingerprint density at radius 1 is 1.28 bits per heavy atom. The number of fused-ring (bicyclic) bond motifs is 1. The highest BCUT2D eigenvalue weighted by atomic mass is 35.5. The number of halogens is 1. The summed E-state index contributed by atoms with van der Waals surface area (Å²) in [5.41, 5.74) is 1.76. The number of carbonyl (C=O) groups excluding carboxylic acids is 1. The van der Waals surface area contributed by atoms with Gasteiger partial charge in [-0.25, -0.2) is 0 Å². The van der Waals surface area contributed by atoms with Crippen molar-refractivity contribution in [3.63, 3.8) is 0 Å². The molecule has 0 aliphatic heterocycles. The SMILES string of the molecule is Cn1cc(C(=O)c2sccc2Cl)c2ccccc21. The van der Waals surface area contributed by atoms with Gasteiger partial charge in [0.25, 0.3) is 0 Å². The number of ketones is 1. The molecular weight excluding hydrogens is 266 g/mol. The number of aromatic nitrogens is 1. The van der Waals surface area contributed by atoms with Gasteiger partial charge in [0.1, 0.15) is 0 Å². The van der Waals surface area contributed by atoms with Crippen LogP contribution in [0, 0.1) is 0 Å². The van der Waals surface area contributed by atoms with Crippen LogP contribution in [-0.4, -0.2) is 10.4 Å². The maximum absolute atomic E-state index is 12.5. The van der Waals surface area contributed by atoms with Gasteiger partial charge in [0.05, 0.1) is 9.90 Å². The minimum atomic E-state index is -0.00759. The molecule has 18 heavy (non-hydrogen) atoms. The summed E-state index contributed by atoms with van der Waals surface area (Å²) in [5, 5.41) is 3.33. The lowest BCUT2D eigenvalue weighted by atomic mass is 10.1. The Kier molecular flexibility index (Phi) is 2.73. The number of rotatable bonds is 2. The van der Waals surface area contributed by atoms with Gasteiger partial charge in [0, 0.05) is 29.7 Å². The molecule has 90 valence electrons. The summed E-state index contributed by atoms with van der Waals surface area (Å²) in [4.78, 5) is 13.1. The molecule has 0 fully saturated rings. The third-order valence-corrected chi connectivity index (χ3v) is 4.31. The first-order valence-corrected chi connectivity index (χ1v) is 6.76. The van der Waals surface area contributed by atoms with E-state index in [4.69, 9.17) is 11.6 Å². The molecule has 0 radical (unpaired) electrons. The Hall–Kier alpha value is -1.58. The molecule has 2 aromatic heterocycles. The fourth-order valence-electron chi connectivity index (χ4n) is 2.10. The van der Waals surface area contributed by atoms with E-state index < -0.39 is 0 Å². The van der Waals surface area contributed by atoms with Crippen LogP contribution in [0.25, 0.3) is 10.9 Å². The zero-order valence-electron chi connectivity index (χ0n) is 9.68. The molecule has 0 saturated heterocycles. The molecule has 0 spiro atoms. The fraction of sp³-hybridized carbons (Fsp3) is 0.0714. The predicted molar refractivity (Wildman–Crippen MR) is 75.7 cm³/mol. The van der Waals surface area contributed by atoms with Crippen molar-refractivity contribution in [2.24, 2.45) is 7.05 Å². The van der Waals surface area contributed by atoms with Gasteiger partial charge >= 0.3 is 0 Å². The first-order chi connectivity index (χ1) is 8.68. The van der Waals surface area contributed by atoms with E-state index in [0.717, 1.165) is 10.9 Å². The molecular formula is C14H10ClNOS. The lowest BCUT2D eigenvalue weighted by Crippen LogP contribution is -1.98. The minimum absolute atomic E-state index is 0.00759. The molecule has 0 N–H and O–H groups in total. The quantitative estimate of drug-likeness (QED) is 0.645. The van der Waals surface area contributed by atoms with Gasteiger partial charge in [-0.05, 0) is 17.5 Å². The Bertz CT molecular complexity index is 741. The van der Waals surface area contributed by atoms with Gasteiger partial charge in [-0.1, -0.05) is 29.8 Å². The van der Waals surface area contributed by atoms with Crippen molar-refractivity contribution in [2.75, 3.05) is 0 Å². The van der Waals surface area contributed by atoms with Gasteiger partial charge < -0.3 is 4.57 Å². The van der Waals surface area contributed by atoms with Crippen molar-refractivity contribution in [1.29, 1.82) is 0 Å². The standard InChI is InChI=1S/C14H10ClNOS/c1-16-8-10(9-4-2-3-5-12(9)16)13(17)14-11(15)6-7-18-14/h2-8H,1H3. The van der Waals surface area contributed by atoms with E-state index in [-0.39, 0.29) is 5.78 Å². The molecule has 0 saturated carbocycles. The Balaban J connectivity index is 2.21. The number of hydrogen-bond acceptors (Lipinski definition) is 2. The van der Waals surface area contributed by atoms with Crippen LogP contribution >= 0.6 is 22.9 Å². The average molecular weight is 276 g/mol. The summed E-state index contributed by atoms with van der Waals surface area (Å²) in [6.45, 7) is 0. The molecule has 2 nitrogen and oxygen atoms in total. The van der Waals surface area contributed by atoms with E-state index in [1.54, 1.807) is 6.07 Å². The van der Waals surface area contributed by atoms with Crippen molar-refractivity contribution in [3.8, 4) is 0 Å². The molecule has 2 heterocycles. The smallest absolute Gasteiger partial charge is 0.206 e. The first-order valence-electron chi connectivity index (χ1n) is 5.50. The van der Waals surface area contributed by atoms with Crippen molar-refractivity contribution in [1.82, 2.24) is 4.57 Å². The summed E-state index contributed by atoms with van der Waals surface area (Å²) < 4.78 is 1.96. The number of hydrogen-bond donors (Lipinski definition) is 0. The first kappa shape index (κ1) is 11.5. The highest BCUT2D eigenvalue weighted by Crippen LogP contribution is 2.28. The number of aryl methyl sites for hydroxylation is 1. The van der Waals surface area contributed by atoms with E-state index in [9.17, 15) is 4.79 Å². The van der Waals surface area contributed by atoms with Crippen molar-refractivity contribution < 1.29 is 4.79 Å². The highest BCUT2D eigenvalue weighted by molar-refractivity contribution is 7.13. The van der Waals surface area contributed by atoms with Crippen molar-refractivity contribution in [3.05, 3.63) is 57.4 Å². The third-order valence-electron chi connectivity index (χ3n) is 2.96. The van der Waals surface area contributed by atoms with Crippen LogP contribution in [0.2, 0.25) is 5.02 Å². The second kappa shape index (κ2) is 4.26. The van der Waals surface area contributed by atoms with Gasteiger partial charge in [0.15, 0.2) is 0 Å². The van der Waals surface area contributed by atoms with Crippen LogP contribution in [0.1, 0.15) is 15.2 Å². The summed E-state index contributed by atoms with van der Waals surface area (Å²) in [5.74, 6) is -0.00759. The molecule has 0 amide bonds. The Labute approximate surface area is 113 Å². The second-order valence-corrected chi connectivity index (χ2v) is 5.42. The molecule has 4 heteroatoms. The van der Waals surface area contributed by atoms with Crippen LogP contribution in [-0.2, 0) is 7.05 Å². The van der Waals surface area contributed by atoms with Gasteiger partial charge in [-0.15, -0.1) is 11.3 Å². The lowest BCUT2D eigenvalue weighted by Gasteiger charge is -1.97. The molecule has 0 aliphatic carbocycles. The third kappa shape index (κ3) is 1.67. The van der Waals surface area contributed by atoms with Gasteiger partial charge in [-0.3, -0.25) is 4.79 Å². The minimum Gasteiger partial charge on any atom is -0.350 e. The van der Waals surface area contributed by atoms with E-state index in [0.29, 0.717) is 15.5 Å². The fourth-order valence-corrected chi connectivity index (χ4v) is 3.20. The van der Waals surface area contributed by atoms with E-state index in [1.165, 1.54) is 11.3 Å². The van der Waals surface area contributed by atoms with E-state index >= 15 is 0 Å². The van der Waals surface area contributed by atoms with E-state index in [2.05, 4.69) is 0 Å². The van der Waals surface area contributed by atoms with Crippen LogP contribution in [0.5, 0.6) is 0 Å². The molecule has 3 aromatic rings. The van der Waals surface area contributed by atoms with Gasteiger partial charge in [0.2, 0.25) is 5.78 Å². The van der Waals surface area contributed by atoms with Crippen molar-refractivity contribution >= 4 is 39.6 Å². The van der Waals surface area contributed by atoms with E-state index in [1.807, 2.05) is 47.5 Å². The Morgan fingerprint density at radius 2 is 2.06 bits per heavy atom. The number of para-hydroxylation sites is 1. The van der Waals surface area contributed by atoms with Crippen LogP contribution < -0.4 is 0 Å². The predicted octanol–water partition coefficient (Wildman–Crippen LogP) is 4.12. The summed E-state index contributed by atoms with van der Waals surface area (Å²) in [6, 6.07) is 9.63. The molecule has 0 atom stereocenters. The Morgan fingerprint density at radius 3 is 2.78 bits per heavy atom. The number of carbonyl (C=O) groups is 1. The molecule has 0 bridgehead atoms. The van der Waals surface area contributed by atoms with Gasteiger partial charge in [-0.2, -0.15) is 0 Å². The molecule has 0 aliphatic rings. The zero-order valence-corrected chi connectivity index (χ0v) is 11.3. The maximum atomic E-state index is 12.5. The summed E-state index contributed by atoms with van der Waals surface area (Å²) >= 11 is 7.40. The monoisotopic (exact) mass is 275 g/mol. The normalized spacial score (nSPS) is 11.0. The summed E-state index contributed by atoms with van der Waals surface area (Å²) in [6.07, 6.45) is 1.86. The number of benzene rings is 1. The lowest BCUT2D eigenvalue weighted by molar-refractivity contribution is 0.104. The maximum Gasteiger partial charge on any atom is 0.206 e.